The number of benzene rings is 2. The van der Waals surface area contributed by atoms with Gasteiger partial charge in [0, 0.05) is 18.7 Å². The zero-order chi connectivity index (χ0) is 15.5. The third-order valence-corrected chi connectivity index (χ3v) is 3.81. The molecule has 1 aliphatic rings. The lowest BCUT2D eigenvalue weighted by Gasteiger charge is -2.29. The molecular weight excluding hydrogens is 280 g/mol. The van der Waals surface area contributed by atoms with E-state index in [1.807, 2.05) is 11.1 Å². The summed E-state index contributed by atoms with van der Waals surface area (Å²) >= 11 is 0. The molecule has 5 nitrogen and oxygen atoms in total. The van der Waals surface area contributed by atoms with E-state index in [0.717, 1.165) is 24.3 Å². The Kier molecular flexibility index (Phi) is 3.98. The molecule has 2 N–H and O–H groups in total. The molecule has 0 radical (unpaired) electrons. The lowest BCUT2D eigenvalue weighted by atomic mass is 10.0. The smallest absolute Gasteiger partial charge is 0.265 e. The van der Waals surface area contributed by atoms with Crippen LogP contribution >= 0.6 is 0 Å². The van der Waals surface area contributed by atoms with Gasteiger partial charge < -0.3 is 9.84 Å². The number of carbonyl (C=O) groups excluding carboxylic acids is 1. The highest BCUT2D eigenvalue weighted by atomic mass is 16.5. The number of phenolic OH excluding ortho intramolecular Hbond substituents is 1. The van der Waals surface area contributed by atoms with Gasteiger partial charge in [0.25, 0.3) is 5.91 Å². The number of hydrogen-bond acceptors (Lipinski definition) is 4. The van der Waals surface area contributed by atoms with E-state index in [1.165, 1.54) is 5.56 Å². The third kappa shape index (κ3) is 3.04. The molecular formula is C17H18N2O3. The van der Waals surface area contributed by atoms with Crippen LogP contribution < -0.4 is 10.2 Å². The van der Waals surface area contributed by atoms with Gasteiger partial charge in [-0.3, -0.25) is 10.2 Å². The topological polar surface area (TPSA) is 61.8 Å². The van der Waals surface area contributed by atoms with Crippen LogP contribution in [-0.4, -0.2) is 29.7 Å². The van der Waals surface area contributed by atoms with Gasteiger partial charge in [-0.15, -0.1) is 0 Å². The Morgan fingerprint density at radius 1 is 1.18 bits per heavy atom. The van der Waals surface area contributed by atoms with E-state index in [0.29, 0.717) is 12.1 Å². The second kappa shape index (κ2) is 6.07. The summed E-state index contributed by atoms with van der Waals surface area (Å²) in [5, 5.41) is 11.4. The number of carbonyl (C=O) groups is 1. The molecule has 5 heteroatoms. The molecule has 0 saturated heterocycles. The van der Waals surface area contributed by atoms with E-state index in [-0.39, 0.29) is 11.7 Å². The van der Waals surface area contributed by atoms with E-state index in [9.17, 15) is 9.90 Å². The van der Waals surface area contributed by atoms with Gasteiger partial charge in [0.15, 0.2) is 0 Å². The van der Waals surface area contributed by atoms with Crippen LogP contribution in [0.4, 0.5) is 0 Å². The van der Waals surface area contributed by atoms with Crippen LogP contribution in [0, 0.1) is 0 Å². The lowest BCUT2D eigenvalue weighted by Crippen LogP contribution is -2.44. The molecule has 0 saturated carbocycles. The number of ether oxygens (including phenoxy) is 1. The van der Waals surface area contributed by atoms with Gasteiger partial charge in [-0.2, -0.15) is 0 Å². The molecule has 114 valence electrons. The summed E-state index contributed by atoms with van der Waals surface area (Å²) in [7, 11) is 1.59. The number of fused-ring (bicyclic) bond motifs is 1. The molecule has 0 aromatic heterocycles. The standard InChI is InChI=1S/C17H18N2O3/c1-22-16-6-3-13(4-7-16)17(21)18-19-9-8-12-2-5-15(20)10-14(12)11-19/h2-7,10,20H,8-9,11H2,1H3,(H,18,21). The molecule has 0 bridgehead atoms. The van der Waals surface area contributed by atoms with Crippen molar-refractivity contribution in [1.82, 2.24) is 10.4 Å². The summed E-state index contributed by atoms with van der Waals surface area (Å²) in [5.41, 5.74) is 5.75. The maximum Gasteiger partial charge on any atom is 0.265 e. The molecule has 0 fully saturated rings. The molecule has 1 aliphatic heterocycles. The molecule has 0 unspecified atom stereocenters. The molecule has 22 heavy (non-hydrogen) atoms. The number of hydrazine groups is 1. The van der Waals surface area contributed by atoms with Gasteiger partial charge in [0.1, 0.15) is 11.5 Å². The Morgan fingerprint density at radius 3 is 2.68 bits per heavy atom. The summed E-state index contributed by atoms with van der Waals surface area (Å²) in [5.74, 6) is 0.826. The molecule has 1 heterocycles. The molecule has 2 aromatic carbocycles. The quantitative estimate of drug-likeness (QED) is 0.911. The fraction of sp³-hybridized carbons (Fsp3) is 0.235. The number of nitrogens with one attached hydrogen (secondary N) is 1. The first-order valence-electron chi connectivity index (χ1n) is 7.16. The van der Waals surface area contributed by atoms with Crippen molar-refractivity contribution in [2.45, 2.75) is 13.0 Å². The monoisotopic (exact) mass is 298 g/mol. The van der Waals surface area contributed by atoms with E-state index >= 15 is 0 Å². The van der Waals surface area contributed by atoms with E-state index < -0.39 is 0 Å². The van der Waals surface area contributed by atoms with Crippen molar-refractivity contribution in [3.05, 3.63) is 59.2 Å². The van der Waals surface area contributed by atoms with E-state index in [4.69, 9.17) is 4.74 Å². The predicted molar refractivity (Wildman–Crippen MR) is 82.7 cm³/mol. The van der Waals surface area contributed by atoms with Crippen molar-refractivity contribution in [2.75, 3.05) is 13.7 Å². The summed E-state index contributed by atoms with van der Waals surface area (Å²) in [4.78, 5) is 12.2. The van der Waals surface area contributed by atoms with Crippen molar-refractivity contribution in [3.8, 4) is 11.5 Å². The fourth-order valence-corrected chi connectivity index (χ4v) is 2.59. The highest BCUT2D eigenvalue weighted by Crippen LogP contribution is 2.22. The number of hydrogen-bond donors (Lipinski definition) is 2. The summed E-state index contributed by atoms with van der Waals surface area (Å²) in [6, 6.07) is 12.4. The summed E-state index contributed by atoms with van der Waals surface area (Å²) in [6.07, 6.45) is 0.846. The first kappa shape index (κ1) is 14.4. The van der Waals surface area contributed by atoms with E-state index in [2.05, 4.69) is 5.43 Å². The third-order valence-electron chi connectivity index (χ3n) is 3.81. The SMILES string of the molecule is COc1ccc(C(=O)NN2CCc3ccc(O)cc3C2)cc1. The van der Waals surface area contributed by atoms with Gasteiger partial charge in [-0.1, -0.05) is 6.07 Å². The first-order chi connectivity index (χ1) is 10.7. The summed E-state index contributed by atoms with van der Waals surface area (Å²) in [6.45, 7) is 1.34. The van der Waals surface area contributed by atoms with Crippen LogP contribution in [0.15, 0.2) is 42.5 Å². The Labute approximate surface area is 129 Å². The van der Waals surface area contributed by atoms with Crippen molar-refractivity contribution in [1.29, 1.82) is 0 Å². The minimum atomic E-state index is -0.147. The second-order valence-corrected chi connectivity index (χ2v) is 5.29. The molecule has 1 amide bonds. The van der Waals surface area contributed by atoms with Crippen LogP contribution in [0.1, 0.15) is 21.5 Å². The highest BCUT2D eigenvalue weighted by Gasteiger charge is 2.18. The lowest BCUT2D eigenvalue weighted by molar-refractivity contribution is 0.0763. The van der Waals surface area contributed by atoms with Crippen molar-refractivity contribution >= 4 is 5.91 Å². The van der Waals surface area contributed by atoms with Crippen LogP contribution in [0.25, 0.3) is 0 Å². The number of aromatic hydroxyl groups is 1. The number of nitrogens with zero attached hydrogens (tertiary/aromatic N) is 1. The minimum absolute atomic E-state index is 0.147. The number of methoxy groups -OCH3 is 1. The van der Waals surface area contributed by atoms with Crippen LogP contribution in [0.3, 0.4) is 0 Å². The van der Waals surface area contributed by atoms with Gasteiger partial charge in [-0.05, 0) is 53.9 Å². The van der Waals surface area contributed by atoms with Crippen molar-refractivity contribution in [2.24, 2.45) is 0 Å². The molecule has 2 aromatic rings. The number of rotatable bonds is 3. The molecule has 3 rings (SSSR count). The van der Waals surface area contributed by atoms with Gasteiger partial charge in [0.05, 0.1) is 7.11 Å². The van der Waals surface area contributed by atoms with Crippen LogP contribution in [0.5, 0.6) is 11.5 Å². The van der Waals surface area contributed by atoms with Crippen LogP contribution in [-0.2, 0) is 13.0 Å². The Balaban J connectivity index is 1.67. The zero-order valence-corrected chi connectivity index (χ0v) is 12.4. The maximum atomic E-state index is 12.2. The van der Waals surface area contributed by atoms with E-state index in [1.54, 1.807) is 43.5 Å². The number of amides is 1. The minimum Gasteiger partial charge on any atom is -0.508 e. The van der Waals surface area contributed by atoms with Crippen molar-refractivity contribution in [3.63, 3.8) is 0 Å². The summed E-state index contributed by atoms with van der Waals surface area (Å²) < 4.78 is 5.08. The normalized spacial score (nSPS) is 14.2. The zero-order valence-electron chi connectivity index (χ0n) is 12.4. The van der Waals surface area contributed by atoms with Gasteiger partial charge in [0.2, 0.25) is 0 Å². The van der Waals surface area contributed by atoms with Crippen LogP contribution in [0.2, 0.25) is 0 Å². The Morgan fingerprint density at radius 2 is 1.95 bits per heavy atom. The first-order valence-corrected chi connectivity index (χ1v) is 7.16. The van der Waals surface area contributed by atoms with Gasteiger partial charge >= 0.3 is 0 Å². The molecule has 0 spiro atoms. The Hall–Kier alpha value is -2.53. The van der Waals surface area contributed by atoms with Gasteiger partial charge in [-0.25, -0.2) is 5.01 Å². The van der Waals surface area contributed by atoms with Crippen molar-refractivity contribution < 1.29 is 14.6 Å². The average molecular weight is 298 g/mol. The molecule has 0 aliphatic carbocycles. The maximum absolute atomic E-state index is 12.2. The average Bonchev–Trinajstić information content (AvgIpc) is 2.54. The predicted octanol–water partition coefficient (Wildman–Crippen LogP) is 2.10. The fourth-order valence-electron chi connectivity index (χ4n) is 2.59. The largest absolute Gasteiger partial charge is 0.508 e. The highest BCUT2D eigenvalue weighted by molar-refractivity contribution is 5.93. The Bertz CT molecular complexity index is 683. The molecule has 0 atom stereocenters. The number of phenols is 1. The second-order valence-electron chi connectivity index (χ2n) is 5.29.